The highest BCUT2D eigenvalue weighted by Gasteiger charge is 2.46. The molecule has 5 rings (SSSR count). The van der Waals surface area contributed by atoms with Gasteiger partial charge in [-0.15, -0.1) is 0 Å². The third-order valence-electron chi connectivity index (χ3n) is 10.9. The van der Waals surface area contributed by atoms with E-state index in [0.29, 0.717) is 43.5 Å². The highest BCUT2D eigenvalue weighted by Crippen LogP contribution is 2.44. The Morgan fingerprint density at radius 1 is 0.939 bits per heavy atom. The van der Waals surface area contributed by atoms with Crippen molar-refractivity contribution in [2.24, 2.45) is 11.8 Å². The average molecular weight is 690 g/mol. The quantitative estimate of drug-likeness (QED) is 0.279. The standard InChI is InChI=1S/C37H50F3N3O6/c1-41(17-5-6-35(44)45)34-18-26(37(38,39)40)9-16-30(34)32-21-43(19-25(32)23-47-2)36(46)33-22-42(27-10-14-29(49-4)15-11-27)20-31(33)24-7-12-28(48-3)13-8-24/h7-9,12-13,16,18,25,27,29,31-33H,5-6,10-11,14-15,17,19-23H2,1-4H3,(H,44,45)/t25-,27?,29?,31+,32+,33-/m1/s1. The maximum atomic E-state index is 14.6. The molecule has 12 heteroatoms. The molecule has 2 aromatic rings. The van der Waals surface area contributed by atoms with Crippen molar-refractivity contribution in [1.29, 1.82) is 0 Å². The molecular formula is C37H50F3N3O6. The van der Waals surface area contributed by atoms with Crippen LogP contribution in [0.25, 0.3) is 0 Å². The SMILES string of the molecule is COC[C@H]1CN(C(=O)[C@@H]2CN(C3CCC(OC)CC3)C[C@H]2c2ccc(OC)cc2)C[C@@H]1c1ccc(C(F)(F)F)cc1N(C)CCCC(=O)O. The lowest BCUT2D eigenvalue weighted by Gasteiger charge is -2.34. The van der Waals surface area contributed by atoms with Gasteiger partial charge >= 0.3 is 12.1 Å². The van der Waals surface area contributed by atoms with Gasteiger partial charge < -0.3 is 29.1 Å². The van der Waals surface area contributed by atoms with Crippen molar-refractivity contribution >= 4 is 17.6 Å². The first-order valence-corrected chi connectivity index (χ1v) is 17.3. The van der Waals surface area contributed by atoms with Crippen LogP contribution >= 0.6 is 0 Å². The number of hydrogen-bond acceptors (Lipinski definition) is 7. The third-order valence-corrected chi connectivity index (χ3v) is 10.9. The molecule has 3 fully saturated rings. The van der Waals surface area contributed by atoms with Crippen molar-refractivity contribution < 1.29 is 42.1 Å². The lowest BCUT2D eigenvalue weighted by Crippen LogP contribution is -2.40. The number of methoxy groups -OCH3 is 3. The largest absolute Gasteiger partial charge is 0.497 e. The molecule has 2 saturated heterocycles. The molecule has 9 nitrogen and oxygen atoms in total. The minimum Gasteiger partial charge on any atom is -0.497 e. The summed E-state index contributed by atoms with van der Waals surface area (Å²) in [5.74, 6) is -0.821. The molecule has 3 aliphatic rings. The number of carbonyl (C=O) groups excluding carboxylic acids is 1. The molecule has 4 atom stereocenters. The van der Waals surface area contributed by atoms with Gasteiger partial charge in [-0.2, -0.15) is 13.2 Å². The summed E-state index contributed by atoms with van der Waals surface area (Å²) in [4.78, 5) is 31.8. The number of halogens is 3. The minimum atomic E-state index is -4.54. The van der Waals surface area contributed by atoms with Crippen LogP contribution in [0.2, 0.25) is 0 Å². The summed E-state index contributed by atoms with van der Waals surface area (Å²) in [6.45, 7) is 2.84. The van der Waals surface area contributed by atoms with Crippen LogP contribution in [0.4, 0.5) is 18.9 Å². The summed E-state index contributed by atoms with van der Waals surface area (Å²) in [5.41, 5.74) is 1.43. The zero-order valence-corrected chi connectivity index (χ0v) is 29.0. The van der Waals surface area contributed by atoms with Gasteiger partial charge in [-0.1, -0.05) is 18.2 Å². The Morgan fingerprint density at radius 3 is 2.27 bits per heavy atom. The topological polar surface area (TPSA) is 91.8 Å². The van der Waals surface area contributed by atoms with E-state index in [-0.39, 0.29) is 55.1 Å². The van der Waals surface area contributed by atoms with Crippen molar-refractivity contribution in [3.63, 3.8) is 0 Å². The summed E-state index contributed by atoms with van der Waals surface area (Å²) in [5, 5.41) is 9.13. The van der Waals surface area contributed by atoms with E-state index < -0.39 is 17.7 Å². The monoisotopic (exact) mass is 689 g/mol. The highest BCUT2D eigenvalue weighted by atomic mass is 19.4. The van der Waals surface area contributed by atoms with Crippen LogP contribution in [0.15, 0.2) is 42.5 Å². The Hall–Kier alpha value is -3.35. The fraction of sp³-hybridized carbons (Fsp3) is 0.622. The van der Waals surface area contributed by atoms with Crippen LogP contribution in [0, 0.1) is 11.8 Å². The maximum absolute atomic E-state index is 14.6. The van der Waals surface area contributed by atoms with Crippen LogP contribution in [0.1, 0.15) is 67.1 Å². The molecule has 2 aromatic carbocycles. The molecule has 0 radical (unpaired) electrons. The number of aliphatic carboxylic acids is 1. The number of carbonyl (C=O) groups is 2. The van der Waals surface area contributed by atoms with E-state index in [2.05, 4.69) is 4.90 Å². The maximum Gasteiger partial charge on any atom is 0.416 e. The molecule has 2 heterocycles. The van der Waals surface area contributed by atoms with Crippen molar-refractivity contribution in [1.82, 2.24) is 9.80 Å². The zero-order valence-electron chi connectivity index (χ0n) is 29.0. The fourth-order valence-corrected chi connectivity index (χ4v) is 8.19. The van der Waals surface area contributed by atoms with Crippen LogP contribution in [0.5, 0.6) is 5.75 Å². The number of nitrogens with zero attached hydrogens (tertiary/aromatic N) is 3. The molecular weight excluding hydrogens is 639 g/mol. The van der Waals surface area contributed by atoms with Gasteiger partial charge in [0.15, 0.2) is 0 Å². The van der Waals surface area contributed by atoms with Crippen LogP contribution in [0.3, 0.4) is 0 Å². The van der Waals surface area contributed by atoms with Gasteiger partial charge in [0.05, 0.1) is 31.3 Å². The summed E-state index contributed by atoms with van der Waals surface area (Å²) in [7, 11) is 6.68. The molecule has 0 unspecified atom stereocenters. The Kier molecular flexibility index (Phi) is 12.1. The molecule has 270 valence electrons. The molecule has 0 bridgehead atoms. The molecule has 1 aliphatic carbocycles. The minimum absolute atomic E-state index is 0.0134. The number of amides is 1. The van der Waals surface area contributed by atoms with Crippen LogP contribution in [-0.4, -0.2) is 107 Å². The Bertz CT molecular complexity index is 1420. The van der Waals surface area contributed by atoms with Crippen molar-refractivity contribution in [3.8, 4) is 5.75 Å². The van der Waals surface area contributed by atoms with E-state index in [1.54, 1.807) is 33.3 Å². The predicted octanol–water partition coefficient (Wildman–Crippen LogP) is 5.88. The number of carboxylic acids is 1. The number of rotatable bonds is 13. The van der Waals surface area contributed by atoms with Gasteiger partial charge in [0.1, 0.15) is 5.75 Å². The second-order valence-corrected chi connectivity index (χ2v) is 13.9. The van der Waals surface area contributed by atoms with Crippen molar-refractivity contribution in [2.75, 3.05) is 72.6 Å². The lowest BCUT2D eigenvalue weighted by molar-refractivity contribution is -0.138. The van der Waals surface area contributed by atoms with E-state index in [1.165, 1.54) is 6.07 Å². The summed E-state index contributed by atoms with van der Waals surface area (Å²) in [6.07, 6.45) is -0.0209. The van der Waals surface area contributed by atoms with Gasteiger partial charge in [0.2, 0.25) is 5.91 Å². The summed E-state index contributed by atoms with van der Waals surface area (Å²) >= 11 is 0. The zero-order chi connectivity index (χ0) is 35.3. The number of hydrogen-bond donors (Lipinski definition) is 1. The first kappa shape index (κ1) is 36.9. The molecule has 2 aliphatic heterocycles. The summed E-state index contributed by atoms with van der Waals surface area (Å²) in [6, 6.07) is 12.1. The number of carboxylic acid groups (broad SMARTS) is 1. The fourth-order valence-electron chi connectivity index (χ4n) is 8.19. The van der Waals surface area contributed by atoms with E-state index in [0.717, 1.165) is 55.7 Å². The normalized spacial score (nSPS) is 26.2. The van der Waals surface area contributed by atoms with Gasteiger partial charge in [0.25, 0.3) is 0 Å². The molecule has 1 saturated carbocycles. The second-order valence-electron chi connectivity index (χ2n) is 13.9. The molecule has 1 N–H and O–H groups in total. The Balaban J connectivity index is 1.42. The van der Waals surface area contributed by atoms with Gasteiger partial charge in [-0.05, 0) is 67.5 Å². The smallest absolute Gasteiger partial charge is 0.416 e. The molecule has 49 heavy (non-hydrogen) atoms. The highest BCUT2D eigenvalue weighted by molar-refractivity contribution is 5.81. The van der Waals surface area contributed by atoms with Gasteiger partial charge in [-0.3, -0.25) is 14.5 Å². The van der Waals surface area contributed by atoms with Crippen molar-refractivity contribution in [3.05, 3.63) is 59.2 Å². The number of alkyl halides is 3. The predicted molar refractivity (Wildman–Crippen MR) is 180 cm³/mol. The number of anilines is 1. The Labute approximate surface area is 287 Å². The Morgan fingerprint density at radius 2 is 1.65 bits per heavy atom. The number of likely N-dealkylation sites (tertiary alicyclic amines) is 2. The molecule has 0 aromatic heterocycles. The summed E-state index contributed by atoms with van der Waals surface area (Å²) < 4.78 is 58.2. The second kappa shape index (κ2) is 16.1. The van der Waals surface area contributed by atoms with Crippen molar-refractivity contribution in [2.45, 2.75) is 68.7 Å². The molecule has 0 spiro atoms. The van der Waals surface area contributed by atoms with Crippen LogP contribution in [-0.2, 0) is 25.2 Å². The number of ether oxygens (including phenoxy) is 3. The van der Waals surface area contributed by atoms with Crippen LogP contribution < -0.4 is 9.64 Å². The first-order chi connectivity index (χ1) is 23.4. The van der Waals surface area contributed by atoms with E-state index in [1.807, 2.05) is 29.2 Å². The molecule has 1 amide bonds. The third kappa shape index (κ3) is 8.69. The number of benzene rings is 2. The van der Waals surface area contributed by atoms with E-state index in [9.17, 15) is 22.8 Å². The average Bonchev–Trinajstić information content (AvgIpc) is 3.73. The van der Waals surface area contributed by atoms with E-state index >= 15 is 0 Å². The lowest BCUT2D eigenvalue weighted by atomic mass is 9.87. The first-order valence-electron chi connectivity index (χ1n) is 17.3. The van der Waals surface area contributed by atoms with E-state index in [4.69, 9.17) is 19.3 Å². The van der Waals surface area contributed by atoms with Gasteiger partial charge in [-0.25, -0.2) is 0 Å². The van der Waals surface area contributed by atoms with Gasteiger partial charge in [0, 0.05) is 89.9 Å².